The number of carbonyl (C=O) groups excluding carboxylic acids is 1. The van der Waals surface area contributed by atoms with E-state index in [-0.39, 0.29) is 5.92 Å². The van der Waals surface area contributed by atoms with Crippen LogP contribution in [0.1, 0.15) is 33.6 Å². The molecule has 13 heavy (non-hydrogen) atoms. The molecular formula is C11H19NO. The van der Waals surface area contributed by atoms with Crippen molar-refractivity contribution in [2.24, 2.45) is 11.8 Å². The second kappa shape index (κ2) is 4.45. The zero-order chi connectivity index (χ0) is 9.84. The highest BCUT2D eigenvalue weighted by molar-refractivity contribution is 5.54. The van der Waals surface area contributed by atoms with Gasteiger partial charge in [0.25, 0.3) is 0 Å². The highest BCUT2D eigenvalue weighted by atomic mass is 16.1. The first kappa shape index (κ1) is 10.3. The van der Waals surface area contributed by atoms with E-state index in [0.717, 1.165) is 12.8 Å². The van der Waals surface area contributed by atoms with Crippen LogP contribution in [0.2, 0.25) is 0 Å². The van der Waals surface area contributed by atoms with Crippen molar-refractivity contribution in [1.29, 1.82) is 0 Å². The summed E-state index contributed by atoms with van der Waals surface area (Å²) in [5.74, 6) is 0.466. The predicted molar refractivity (Wildman–Crippen MR) is 54.3 cm³/mol. The first-order valence-corrected chi connectivity index (χ1v) is 5.05. The zero-order valence-corrected chi connectivity index (χ0v) is 8.76. The summed E-state index contributed by atoms with van der Waals surface area (Å²) in [6.07, 6.45) is 3.44. The SMILES string of the molecule is CC1=C(C(C)[C@H](C)C=O)NCCC1. The molecule has 2 atom stereocenters. The van der Waals surface area contributed by atoms with E-state index in [4.69, 9.17) is 0 Å². The van der Waals surface area contributed by atoms with Crippen LogP contribution in [0.3, 0.4) is 0 Å². The molecule has 0 amide bonds. The number of hydrogen-bond donors (Lipinski definition) is 1. The maximum Gasteiger partial charge on any atom is 0.123 e. The molecule has 0 saturated heterocycles. The van der Waals surface area contributed by atoms with Gasteiger partial charge in [-0.1, -0.05) is 19.4 Å². The largest absolute Gasteiger partial charge is 0.388 e. The summed E-state index contributed by atoms with van der Waals surface area (Å²) in [5.41, 5.74) is 2.72. The molecule has 2 nitrogen and oxygen atoms in total. The van der Waals surface area contributed by atoms with Crippen LogP contribution in [-0.2, 0) is 4.79 Å². The Morgan fingerprint density at radius 1 is 1.46 bits per heavy atom. The van der Waals surface area contributed by atoms with Gasteiger partial charge in [0.2, 0.25) is 0 Å². The lowest BCUT2D eigenvalue weighted by atomic mass is 9.89. The zero-order valence-electron chi connectivity index (χ0n) is 8.76. The van der Waals surface area contributed by atoms with Crippen molar-refractivity contribution < 1.29 is 4.79 Å². The Morgan fingerprint density at radius 2 is 2.15 bits per heavy atom. The molecule has 1 N–H and O–H groups in total. The minimum atomic E-state index is 0.121. The summed E-state index contributed by atoms with van der Waals surface area (Å²) in [6.45, 7) is 7.32. The Morgan fingerprint density at radius 3 is 2.69 bits per heavy atom. The van der Waals surface area contributed by atoms with E-state index in [9.17, 15) is 4.79 Å². The lowest BCUT2D eigenvalue weighted by molar-refractivity contribution is -0.111. The number of aldehydes is 1. The van der Waals surface area contributed by atoms with E-state index in [2.05, 4.69) is 19.2 Å². The molecule has 0 bridgehead atoms. The van der Waals surface area contributed by atoms with Crippen molar-refractivity contribution in [3.05, 3.63) is 11.3 Å². The number of carbonyl (C=O) groups is 1. The van der Waals surface area contributed by atoms with E-state index in [1.54, 1.807) is 0 Å². The van der Waals surface area contributed by atoms with Gasteiger partial charge in [-0.15, -0.1) is 0 Å². The summed E-state index contributed by atoms with van der Waals surface area (Å²) in [6, 6.07) is 0. The Balaban J connectivity index is 2.73. The normalized spacial score (nSPS) is 22.1. The Kier molecular flexibility index (Phi) is 3.52. The molecule has 1 aliphatic heterocycles. The van der Waals surface area contributed by atoms with E-state index >= 15 is 0 Å². The first-order chi connectivity index (χ1) is 6.16. The Labute approximate surface area is 80.4 Å². The smallest absolute Gasteiger partial charge is 0.123 e. The van der Waals surface area contributed by atoms with Crippen molar-refractivity contribution in [3.8, 4) is 0 Å². The molecule has 0 fully saturated rings. The fourth-order valence-corrected chi connectivity index (χ4v) is 1.79. The molecule has 0 spiro atoms. The molecule has 0 aliphatic carbocycles. The average Bonchev–Trinajstić information content (AvgIpc) is 2.16. The molecule has 0 aromatic rings. The monoisotopic (exact) mass is 181 g/mol. The average molecular weight is 181 g/mol. The number of nitrogens with one attached hydrogen (secondary N) is 1. The van der Waals surface area contributed by atoms with Crippen LogP contribution in [0, 0.1) is 11.8 Å². The van der Waals surface area contributed by atoms with Gasteiger partial charge in [-0.05, 0) is 19.8 Å². The van der Waals surface area contributed by atoms with Gasteiger partial charge in [-0.2, -0.15) is 0 Å². The highest BCUT2D eigenvalue weighted by Gasteiger charge is 2.19. The van der Waals surface area contributed by atoms with Crippen LogP contribution in [0.25, 0.3) is 0 Å². The van der Waals surface area contributed by atoms with Crippen LogP contribution in [0.15, 0.2) is 11.3 Å². The van der Waals surface area contributed by atoms with Crippen molar-refractivity contribution in [2.75, 3.05) is 6.54 Å². The lowest BCUT2D eigenvalue weighted by Gasteiger charge is -2.26. The predicted octanol–water partition coefficient (Wildman–Crippen LogP) is 2.11. The van der Waals surface area contributed by atoms with E-state index < -0.39 is 0 Å². The molecule has 0 aromatic heterocycles. The third kappa shape index (κ3) is 2.33. The van der Waals surface area contributed by atoms with Crippen LogP contribution < -0.4 is 5.32 Å². The van der Waals surface area contributed by atoms with Gasteiger partial charge < -0.3 is 10.1 Å². The molecule has 1 unspecified atom stereocenters. The van der Waals surface area contributed by atoms with Gasteiger partial charge in [0.1, 0.15) is 6.29 Å². The standard InChI is InChI=1S/C11H19NO/c1-8-5-4-6-12-11(8)10(3)9(2)7-13/h7,9-10,12H,4-6H2,1-3H3/t9-,10?/m1/s1. The second-order valence-corrected chi connectivity index (χ2v) is 4.01. The summed E-state index contributed by atoms with van der Waals surface area (Å²) in [4.78, 5) is 10.6. The number of rotatable bonds is 3. The Bertz CT molecular complexity index is 220. The summed E-state index contributed by atoms with van der Waals surface area (Å²) in [5, 5.41) is 3.40. The van der Waals surface area contributed by atoms with Gasteiger partial charge in [-0.25, -0.2) is 0 Å². The van der Waals surface area contributed by atoms with Crippen molar-refractivity contribution in [3.63, 3.8) is 0 Å². The van der Waals surface area contributed by atoms with Crippen molar-refractivity contribution in [1.82, 2.24) is 5.32 Å². The van der Waals surface area contributed by atoms with Crippen molar-refractivity contribution in [2.45, 2.75) is 33.6 Å². The van der Waals surface area contributed by atoms with E-state index in [0.29, 0.717) is 5.92 Å². The topological polar surface area (TPSA) is 29.1 Å². The molecule has 0 saturated carbocycles. The molecule has 0 radical (unpaired) electrons. The fraction of sp³-hybridized carbons (Fsp3) is 0.727. The quantitative estimate of drug-likeness (QED) is 0.676. The summed E-state index contributed by atoms with van der Waals surface area (Å²) >= 11 is 0. The van der Waals surface area contributed by atoms with Gasteiger partial charge in [0.05, 0.1) is 0 Å². The molecule has 74 valence electrons. The molecular weight excluding hydrogens is 162 g/mol. The number of allylic oxidation sites excluding steroid dienone is 2. The van der Waals surface area contributed by atoms with E-state index in [1.807, 2.05) is 6.92 Å². The van der Waals surface area contributed by atoms with Gasteiger partial charge in [0, 0.05) is 24.1 Å². The molecule has 0 aromatic carbocycles. The maximum absolute atomic E-state index is 10.6. The summed E-state index contributed by atoms with van der Waals surface area (Å²) < 4.78 is 0. The van der Waals surface area contributed by atoms with Gasteiger partial charge in [0.15, 0.2) is 0 Å². The van der Waals surface area contributed by atoms with Crippen LogP contribution >= 0.6 is 0 Å². The van der Waals surface area contributed by atoms with Crippen LogP contribution in [-0.4, -0.2) is 12.8 Å². The minimum absolute atomic E-state index is 0.121. The molecule has 1 heterocycles. The fourth-order valence-electron chi connectivity index (χ4n) is 1.79. The van der Waals surface area contributed by atoms with E-state index in [1.165, 1.54) is 24.1 Å². The highest BCUT2D eigenvalue weighted by Crippen LogP contribution is 2.24. The maximum atomic E-state index is 10.6. The minimum Gasteiger partial charge on any atom is -0.388 e. The second-order valence-electron chi connectivity index (χ2n) is 4.01. The van der Waals surface area contributed by atoms with Crippen molar-refractivity contribution >= 4 is 6.29 Å². The number of hydrogen-bond acceptors (Lipinski definition) is 2. The van der Waals surface area contributed by atoms with Gasteiger partial charge in [-0.3, -0.25) is 0 Å². The van der Waals surface area contributed by atoms with Gasteiger partial charge >= 0.3 is 0 Å². The van der Waals surface area contributed by atoms with Crippen LogP contribution in [0.4, 0.5) is 0 Å². The Hall–Kier alpha value is -0.790. The lowest BCUT2D eigenvalue weighted by Crippen LogP contribution is -2.28. The molecule has 1 aliphatic rings. The summed E-state index contributed by atoms with van der Waals surface area (Å²) in [7, 11) is 0. The molecule has 1 rings (SSSR count). The first-order valence-electron chi connectivity index (χ1n) is 5.05. The third-order valence-corrected chi connectivity index (χ3v) is 2.96. The van der Waals surface area contributed by atoms with Crippen LogP contribution in [0.5, 0.6) is 0 Å². The molecule has 2 heteroatoms. The third-order valence-electron chi connectivity index (χ3n) is 2.96.